The summed E-state index contributed by atoms with van der Waals surface area (Å²) in [5.74, 6) is 1.44. The Kier molecular flexibility index (Phi) is 4.21. The highest BCUT2D eigenvalue weighted by Crippen LogP contribution is 2.18. The van der Waals surface area contributed by atoms with Gasteiger partial charge >= 0.3 is 5.69 Å². The van der Waals surface area contributed by atoms with Crippen LogP contribution in [0.5, 0.6) is 0 Å². The second-order valence-corrected chi connectivity index (χ2v) is 5.78. The number of likely N-dealkylation sites (N-methyl/N-ethyl adjacent to an activating group) is 1. The van der Waals surface area contributed by atoms with Gasteiger partial charge in [-0.15, -0.1) is 0 Å². The summed E-state index contributed by atoms with van der Waals surface area (Å²) < 4.78 is 8.98. The van der Waals surface area contributed by atoms with Gasteiger partial charge in [0.15, 0.2) is 0 Å². The van der Waals surface area contributed by atoms with Crippen LogP contribution in [0.25, 0.3) is 0 Å². The second kappa shape index (κ2) is 6.10. The third-order valence-corrected chi connectivity index (χ3v) is 4.40. The average molecular weight is 280 g/mol. The van der Waals surface area contributed by atoms with Crippen LogP contribution in [-0.4, -0.2) is 40.1 Å². The highest BCUT2D eigenvalue weighted by Gasteiger charge is 2.27. The molecule has 0 radical (unpaired) electrons. The van der Waals surface area contributed by atoms with Crippen LogP contribution in [0.4, 0.5) is 0 Å². The van der Waals surface area contributed by atoms with E-state index in [1.54, 1.807) is 4.68 Å². The molecular formula is C14H24N4O2. The van der Waals surface area contributed by atoms with Gasteiger partial charge in [0.2, 0.25) is 0 Å². The highest BCUT2D eigenvalue weighted by atomic mass is 16.5. The molecule has 3 heterocycles. The molecule has 1 N–H and O–H groups in total. The van der Waals surface area contributed by atoms with Crippen molar-refractivity contribution in [2.24, 2.45) is 5.92 Å². The standard InChI is InChI=1S/C14H24N4O2/c1-2-15-12(11-6-8-20-10-11)9-18-14(19)17-7-4-3-5-13(17)16-18/h11-12,15H,2-10H2,1H3. The van der Waals surface area contributed by atoms with E-state index in [0.717, 1.165) is 57.8 Å². The van der Waals surface area contributed by atoms with Crippen molar-refractivity contribution >= 4 is 0 Å². The minimum atomic E-state index is 0.0570. The zero-order valence-corrected chi connectivity index (χ0v) is 12.2. The van der Waals surface area contributed by atoms with Gasteiger partial charge in [-0.1, -0.05) is 6.92 Å². The number of aromatic nitrogens is 3. The molecule has 0 saturated carbocycles. The Labute approximate surface area is 119 Å². The molecule has 0 amide bonds. The van der Waals surface area contributed by atoms with Crippen LogP contribution in [-0.2, 0) is 24.2 Å². The fourth-order valence-electron chi connectivity index (χ4n) is 3.27. The Balaban J connectivity index is 1.77. The molecular weight excluding hydrogens is 256 g/mol. The quantitative estimate of drug-likeness (QED) is 0.848. The number of fused-ring (bicyclic) bond motifs is 1. The Bertz CT molecular complexity index is 502. The van der Waals surface area contributed by atoms with E-state index in [2.05, 4.69) is 17.3 Å². The van der Waals surface area contributed by atoms with Gasteiger partial charge in [-0.2, -0.15) is 5.10 Å². The first-order chi connectivity index (χ1) is 9.79. The summed E-state index contributed by atoms with van der Waals surface area (Å²) in [5.41, 5.74) is 0.0570. The van der Waals surface area contributed by atoms with Crippen LogP contribution in [0.2, 0.25) is 0 Å². The largest absolute Gasteiger partial charge is 0.381 e. The summed E-state index contributed by atoms with van der Waals surface area (Å²) in [5, 5.41) is 8.02. The number of nitrogens with zero attached hydrogens (tertiary/aromatic N) is 3. The lowest BCUT2D eigenvalue weighted by Gasteiger charge is -2.22. The first-order valence-electron chi connectivity index (χ1n) is 7.77. The van der Waals surface area contributed by atoms with Crippen molar-refractivity contribution < 1.29 is 4.74 Å². The lowest BCUT2D eigenvalue weighted by atomic mass is 9.99. The molecule has 3 rings (SSSR count). The van der Waals surface area contributed by atoms with Crippen molar-refractivity contribution in [1.82, 2.24) is 19.7 Å². The molecule has 2 aliphatic rings. The van der Waals surface area contributed by atoms with Gasteiger partial charge in [-0.05, 0) is 25.8 Å². The van der Waals surface area contributed by atoms with E-state index in [0.29, 0.717) is 12.5 Å². The summed E-state index contributed by atoms with van der Waals surface area (Å²) in [4.78, 5) is 12.4. The maximum atomic E-state index is 12.4. The second-order valence-electron chi connectivity index (χ2n) is 5.78. The van der Waals surface area contributed by atoms with Gasteiger partial charge < -0.3 is 10.1 Å². The van der Waals surface area contributed by atoms with Crippen molar-refractivity contribution in [2.45, 2.75) is 51.7 Å². The minimum Gasteiger partial charge on any atom is -0.381 e. The number of nitrogens with one attached hydrogen (secondary N) is 1. The maximum absolute atomic E-state index is 12.4. The molecule has 6 heteroatoms. The average Bonchev–Trinajstić information content (AvgIpc) is 3.08. The van der Waals surface area contributed by atoms with Gasteiger partial charge in [0.1, 0.15) is 5.82 Å². The molecule has 1 aromatic heterocycles. The molecule has 2 aliphatic heterocycles. The maximum Gasteiger partial charge on any atom is 0.345 e. The number of ether oxygens (including phenoxy) is 1. The number of aryl methyl sites for hydroxylation is 1. The lowest BCUT2D eigenvalue weighted by Crippen LogP contribution is -2.42. The SMILES string of the molecule is CCNC(Cn1nc2n(c1=O)CCCC2)C1CCOC1. The summed E-state index contributed by atoms with van der Waals surface area (Å²) in [7, 11) is 0. The van der Waals surface area contributed by atoms with E-state index >= 15 is 0 Å². The number of rotatable bonds is 5. The smallest absolute Gasteiger partial charge is 0.345 e. The van der Waals surface area contributed by atoms with E-state index in [4.69, 9.17) is 4.74 Å². The first-order valence-corrected chi connectivity index (χ1v) is 7.77. The van der Waals surface area contributed by atoms with E-state index < -0.39 is 0 Å². The molecule has 1 aromatic rings. The van der Waals surface area contributed by atoms with Crippen LogP contribution in [0, 0.1) is 5.92 Å². The van der Waals surface area contributed by atoms with E-state index in [1.165, 1.54) is 0 Å². The normalized spacial score (nSPS) is 23.8. The van der Waals surface area contributed by atoms with Gasteiger partial charge in [-0.3, -0.25) is 4.57 Å². The summed E-state index contributed by atoms with van der Waals surface area (Å²) in [6, 6.07) is 0.275. The van der Waals surface area contributed by atoms with Crippen LogP contribution in [0.15, 0.2) is 4.79 Å². The van der Waals surface area contributed by atoms with Gasteiger partial charge in [-0.25, -0.2) is 9.48 Å². The first kappa shape index (κ1) is 13.8. The Hall–Kier alpha value is -1.14. The van der Waals surface area contributed by atoms with Gasteiger partial charge in [0, 0.05) is 31.5 Å². The molecule has 1 saturated heterocycles. The fourth-order valence-corrected chi connectivity index (χ4v) is 3.27. The van der Waals surface area contributed by atoms with Crippen LogP contribution < -0.4 is 11.0 Å². The molecule has 112 valence electrons. The molecule has 2 atom stereocenters. The minimum absolute atomic E-state index is 0.0570. The van der Waals surface area contributed by atoms with Crippen molar-refractivity contribution in [3.63, 3.8) is 0 Å². The molecule has 0 spiro atoms. The molecule has 0 aliphatic carbocycles. The molecule has 2 unspecified atom stereocenters. The number of hydrogen-bond acceptors (Lipinski definition) is 4. The topological polar surface area (TPSA) is 61.1 Å². The molecule has 6 nitrogen and oxygen atoms in total. The monoisotopic (exact) mass is 280 g/mol. The zero-order chi connectivity index (χ0) is 13.9. The number of hydrogen-bond donors (Lipinski definition) is 1. The van der Waals surface area contributed by atoms with Gasteiger partial charge in [0.05, 0.1) is 13.2 Å². The molecule has 20 heavy (non-hydrogen) atoms. The third kappa shape index (κ3) is 2.67. The van der Waals surface area contributed by atoms with E-state index in [1.807, 2.05) is 4.57 Å². The fraction of sp³-hybridized carbons (Fsp3) is 0.857. The highest BCUT2D eigenvalue weighted by molar-refractivity contribution is 4.92. The van der Waals surface area contributed by atoms with E-state index in [-0.39, 0.29) is 11.7 Å². The molecule has 1 fully saturated rings. The Morgan fingerprint density at radius 2 is 2.40 bits per heavy atom. The molecule has 0 aromatic carbocycles. The van der Waals surface area contributed by atoms with Gasteiger partial charge in [0.25, 0.3) is 0 Å². The predicted octanol–water partition coefficient (Wildman–Crippen LogP) is 0.396. The van der Waals surface area contributed by atoms with Crippen molar-refractivity contribution in [3.8, 4) is 0 Å². The Morgan fingerprint density at radius 1 is 1.50 bits per heavy atom. The summed E-state index contributed by atoms with van der Waals surface area (Å²) in [6.07, 6.45) is 4.23. The lowest BCUT2D eigenvalue weighted by molar-refractivity contribution is 0.173. The summed E-state index contributed by atoms with van der Waals surface area (Å²) in [6.45, 7) is 6.11. The molecule has 0 bridgehead atoms. The van der Waals surface area contributed by atoms with Crippen LogP contribution >= 0.6 is 0 Å². The van der Waals surface area contributed by atoms with Crippen LogP contribution in [0.3, 0.4) is 0 Å². The van der Waals surface area contributed by atoms with Crippen LogP contribution in [0.1, 0.15) is 32.0 Å². The van der Waals surface area contributed by atoms with Crippen molar-refractivity contribution in [1.29, 1.82) is 0 Å². The Morgan fingerprint density at radius 3 is 3.10 bits per heavy atom. The van der Waals surface area contributed by atoms with Crippen molar-refractivity contribution in [2.75, 3.05) is 19.8 Å². The van der Waals surface area contributed by atoms with Crippen molar-refractivity contribution in [3.05, 3.63) is 16.3 Å². The predicted molar refractivity (Wildman–Crippen MR) is 75.8 cm³/mol. The summed E-state index contributed by atoms with van der Waals surface area (Å²) >= 11 is 0. The zero-order valence-electron chi connectivity index (χ0n) is 12.2. The third-order valence-electron chi connectivity index (χ3n) is 4.40. The van der Waals surface area contributed by atoms with E-state index in [9.17, 15) is 4.79 Å².